The van der Waals surface area contributed by atoms with Crippen molar-refractivity contribution in [2.24, 2.45) is 0 Å². The molecule has 0 saturated carbocycles. The zero-order chi connectivity index (χ0) is 19.5. The number of carbonyl (C=O) groups is 1. The lowest BCUT2D eigenvalue weighted by Gasteiger charge is -2.24. The molecule has 0 atom stereocenters. The Bertz CT molecular complexity index is 926. The zero-order valence-electron chi connectivity index (χ0n) is 15.3. The van der Waals surface area contributed by atoms with Gasteiger partial charge >= 0.3 is 0 Å². The summed E-state index contributed by atoms with van der Waals surface area (Å²) in [6.45, 7) is 5.68. The van der Waals surface area contributed by atoms with Gasteiger partial charge in [0.25, 0.3) is 0 Å². The van der Waals surface area contributed by atoms with Crippen molar-refractivity contribution in [3.8, 4) is 0 Å². The molecule has 1 amide bonds. The fourth-order valence-electron chi connectivity index (χ4n) is 2.71. The Balaban J connectivity index is 2.15. The molecule has 7 heteroatoms. The molecule has 2 aromatic carbocycles. The van der Waals surface area contributed by atoms with E-state index in [1.54, 1.807) is 24.3 Å². The van der Waals surface area contributed by atoms with E-state index in [4.69, 9.17) is 11.6 Å². The highest BCUT2D eigenvalue weighted by molar-refractivity contribution is 7.92. The van der Waals surface area contributed by atoms with Crippen molar-refractivity contribution in [1.82, 2.24) is 0 Å². The van der Waals surface area contributed by atoms with Crippen LogP contribution in [0.5, 0.6) is 0 Å². The molecular weight excluding hydrogens is 372 g/mol. The molecule has 140 valence electrons. The molecule has 0 radical (unpaired) electrons. The highest BCUT2D eigenvalue weighted by atomic mass is 35.5. The molecule has 2 rings (SSSR count). The summed E-state index contributed by atoms with van der Waals surface area (Å²) in [6, 6.07) is 10.8. The van der Waals surface area contributed by atoms with E-state index >= 15 is 0 Å². The molecule has 5 nitrogen and oxygen atoms in total. The van der Waals surface area contributed by atoms with Crippen LogP contribution in [0.4, 0.5) is 11.4 Å². The normalized spacial score (nSPS) is 11.3. The molecule has 26 heavy (non-hydrogen) atoms. The van der Waals surface area contributed by atoms with Gasteiger partial charge in [0.05, 0.1) is 11.9 Å². The lowest BCUT2D eigenvalue weighted by molar-refractivity contribution is -0.116. The maximum atomic E-state index is 12.3. The van der Waals surface area contributed by atoms with Crippen molar-refractivity contribution in [2.45, 2.75) is 27.2 Å². The molecule has 0 unspecified atom stereocenters. The van der Waals surface area contributed by atoms with Crippen LogP contribution >= 0.6 is 11.6 Å². The van der Waals surface area contributed by atoms with Crippen LogP contribution in [0.3, 0.4) is 0 Å². The van der Waals surface area contributed by atoms with Gasteiger partial charge in [-0.2, -0.15) is 0 Å². The molecule has 0 aliphatic heterocycles. The predicted molar refractivity (Wildman–Crippen MR) is 108 cm³/mol. The molecule has 0 aliphatic rings. The molecule has 0 bridgehead atoms. The lowest BCUT2D eigenvalue weighted by Crippen LogP contribution is -2.33. The van der Waals surface area contributed by atoms with Gasteiger partial charge in [-0.15, -0.1) is 0 Å². The number of hydrogen-bond acceptors (Lipinski definition) is 3. The molecule has 2 aromatic rings. The second kappa shape index (κ2) is 8.10. The van der Waals surface area contributed by atoms with E-state index in [9.17, 15) is 13.2 Å². The van der Waals surface area contributed by atoms with Crippen LogP contribution in [0.1, 0.15) is 23.1 Å². The minimum atomic E-state index is -3.50. The fourth-order valence-corrected chi connectivity index (χ4v) is 3.87. The van der Waals surface area contributed by atoms with Crippen LogP contribution in [0.25, 0.3) is 0 Å². The fraction of sp³-hybridized carbons (Fsp3) is 0.316. The number of benzene rings is 2. The number of nitrogens with one attached hydrogen (secondary N) is 1. The van der Waals surface area contributed by atoms with E-state index in [1.165, 1.54) is 4.31 Å². The van der Waals surface area contributed by atoms with Gasteiger partial charge in [-0.3, -0.25) is 9.10 Å². The molecule has 0 spiro atoms. The third kappa shape index (κ3) is 4.99. The first-order valence-electron chi connectivity index (χ1n) is 8.19. The molecular formula is C19H23ClN2O3S. The highest BCUT2D eigenvalue weighted by Gasteiger charge is 2.20. The van der Waals surface area contributed by atoms with E-state index in [-0.39, 0.29) is 18.9 Å². The van der Waals surface area contributed by atoms with Crippen LogP contribution < -0.4 is 9.62 Å². The minimum absolute atomic E-state index is 0.0341. The quantitative estimate of drug-likeness (QED) is 0.803. The second-order valence-electron chi connectivity index (χ2n) is 6.34. The maximum Gasteiger partial charge on any atom is 0.232 e. The van der Waals surface area contributed by atoms with Crippen molar-refractivity contribution < 1.29 is 13.2 Å². The van der Waals surface area contributed by atoms with Crippen molar-refractivity contribution in [2.75, 3.05) is 22.4 Å². The molecule has 0 aliphatic carbocycles. The van der Waals surface area contributed by atoms with Crippen molar-refractivity contribution in [3.63, 3.8) is 0 Å². The number of hydrogen-bond donors (Lipinski definition) is 1. The molecule has 0 saturated heterocycles. The molecule has 0 heterocycles. The standard InChI is InChI=1S/C19H23ClN2O3S/c1-13-8-9-18(14(2)12-13)22(26(4,24)25)11-10-19(23)21-17-7-5-6-16(20)15(17)3/h5-9,12H,10-11H2,1-4H3,(H,21,23). The summed E-state index contributed by atoms with van der Waals surface area (Å²) < 4.78 is 25.7. The van der Waals surface area contributed by atoms with E-state index in [1.807, 2.05) is 32.9 Å². The van der Waals surface area contributed by atoms with Crippen molar-refractivity contribution >= 4 is 38.9 Å². The van der Waals surface area contributed by atoms with Gasteiger partial charge in [0.2, 0.25) is 15.9 Å². The third-order valence-corrected chi connectivity index (χ3v) is 5.69. The number of rotatable bonds is 6. The van der Waals surface area contributed by atoms with Gasteiger partial charge < -0.3 is 5.32 Å². The molecule has 0 fully saturated rings. The van der Waals surface area contributed by atoms with E-state index < -0.39 is 10.0 Å². The number of aryl methyl sites for hydroxylation is 2. The maximum absolute atomic E-state index is 12.3. The Morgan fingerprint density at radius 2 is 1.85 bits per heavy atom. The number of amides is 1. The summed E-state index contributed by atoms with van der Waals surface area (Å²) in [4.78, 5) is 12.3. The number of anilines is 2. The van der Waals surface area contributed by atoms with Gasteiger partial charge in [-0.05, 0) is 50.1 Å². The lowest BCUT2D eigenvalue weighted by atomic mass is 10.1. The first-order chi connectivity index (χ1) is 12.1. The van der Waals surface area contributed by atoms with Gasteiger partial charge in [-0.25, -0.2) is 8.42 Å². The van der Waals surface area contributed by atoms with E-state index in [0.29, 0.717) is 16.4 Å². The van der Waals surface area contributed by atoms with Gasteiger partial charge in [0, 0.05) is 23.7 Å². The minimum Gasteiger partial charge on any atom is -0.326 e. The first kappa shape index (κ1) is 20.3. The van der Waals surface area contributed by atoms with Crippen molar-refractivity contribution in [3.05, 3.63) is 58.1 Å². The van der Waals surface area contributed by atoms with Crippen LogP contribution in [0.2, 0.25) is 5.02 Å². The largest absolute Gasteiger partial charge is 0.326 e. The van der Waals surface area contributed by atoms with Gasteiger partial charge in [-0.1, -0.05) is 35.4 Å². The average Bonchev–Trinajstić information content (AvgIpc) is 2.52. The first-order valence-corrected chi connectivity index (χ1v) is 10.4. The van der Waals surface area contributed by atoms with Crippen LogP contribution in [-0.2, 0) is 14.8 Å². The summed E-state index contributed by atoms with van der Waals surface area (Å²) in [6.07, 6.45) is 1.18. The topological polar surface area (TPSA) is 66.5 Å². The number of halogens is 1. The van der Waals surface area contributed by atoms with Crippen LogP contribution in [0, 0.1) is 20.8 Å². The van der Waals surface area contributed by atoms with Crippen LogP contribution in [-0.4, -0.2) is 27.1 Å². The van der Waals surface area contributed by atoms with Gasteiger partial charge in [0.1, 0.15) is 0 Å². The summed E-state index contributed by atoms with van der Waals surface area (Å²) in [5, 5.41) is 3.35. The SMILES string of the molecule is Cc1ccc(N(CCC(=O)Nc2cccc(Cl)c2C)S(C)(=O)=O)c(C)c1. The smallest absolute Gasteiger partial charge is 0.232 e. The molecule has 1 N–H and O–H groups in total. The monoisotopic (exact) mass is 394 g/mol. The van der Waals surface area contributed by atoms with Gasteiger partial charge in [0.15, 0.2) is 0 Å². The Morgan fingerprint density at radius 1 is 1.15 bits per heavy atom. The third-order valence-electron chi connectivity index (χ3n) is 4.11. The summed E-state index contributed by atoms with van der Waals surface area (Å²) in [5.41, 5.74) is 3.89. The van der Waals surface area contributed by atoms with Crippen LogP contribution in [0.15, 0.2) is 36.4 Å². The number of sulfonamides is 1. The summed E-state index contributed by atoms with van der Waals surface area (Å²) in [5.74, 6) is -0.270. The van der Waals surface area contributed by atoms with E-state index in [0.717, 1.165) is 22.9 Å². The molecule has 0 aromatic heterocycles. The Hall–Kier alpha value is -2.05. The summed E-state index contributed by atoms with van der Waals surface area (Å²) >= 11 is 6.06. The Labute approximate surface area is 160 Å². The Morgan fingerprint density at radius 3 is 2.46 bits per heavy atom. The van der Waals surface area contributed by atoms with Crippen molar-refractivity contribution in [1.29, 1.82) is 0 Å². The average molecular weight is 395 g/mol. The zero-order valence-corrected chi connectivity index (χ0v) is 16.9. The predicted octanol–water partition coefficient (Wildman–Crippen LogP) is 4.06. The Kier molecular flexibility index (Phi) is 6.31. The van der Waals surface area contributed by atoms with E-state index in [2.05, 4.69) is 5.32 Å². The second-order valence-corrected chi connectivity index (χ2v) is 8.65. The number of carbonyl (C=O) groups excluding carboxylic acids is 1. The summed E-state index contributed by atoms with van der Waals surface area (Å²) in [7, 11) is -3.50. The number of nitrogens with zero attached hydrogens (tertiary/aromatic N) is 1. The highest BCUT2D eigenvalue weighted by Crippen LogP contribution is 2.25.